The maximum atomic E-state index is 6.29. The van der Waals surface area contributed by atoms with Gasteiger partial charge in [-0.3, -0.25) is 4.35 Å². The SMILES string of the molecule is CC(C)[Si](C(C)C)(C(C)C)n1ncc2c(Br)cc(Cl)cc21. The highest BCUT2D eigenvalue weighted by atomic mass is 79.9. The van der Waals surface area contributed by atoms with Crippen molar-refractivity contribution in [1.29, 1.82) is 0 Å². The van der Waals surface area contributed by atoms with Crippen molar-refractivity contribution < 1.29 is 0 Å². The lowest BCUT2D eigenvalue weighted by atomic mass is 10.3. The van der Waals surface area contributed by atoms with Crippen molar-refractivity contribution in [3.8, 4) is 0 Å². The number of halogens is 2. The molecular weight excluding hydrogens is 364 g/mol. The molecule has 0 aliphatic heterocycles. The summed E-state index contributed by atoms with van der Waals surface area (Å²) in [6.07, 6.45) is 1.98. The van der Waals surface area contributed by atoms with E-state index in [2.05, 4.69) is 67.9 Å². The summed E-state index contributed by atoms with van der Waals surface area (Å²) in [5.74, 6) is 0. The minimum Gasteiger partial charge on any atom is -0.293 e. The molecule has 0 aliphatic rings. The highest BCUT2D eigenvalue weighted by molar-refractivity contribution is 9.10. The van der Waals surface area contributed by atoms with Crippen molar-refractivity contribution >= 4 is 46.7 Å². The van der Waals surface area contributed by atoms with Gasteiger partial charge in [-0.2, -0.15) is 5.10 Å². The maximum absolute atomic E-state index is 6.29. The first-order valence-electron chi connectivity index (χ1n) is 7.56. The third-order valence-corrected chi connectivity index (χ3v) is 12.3. The molecule has 0 aliphatic carbocycles. The molecular formula is C16H24BrClN2Si. The topological polar surface area (TPSA) is 17.8 Å². The molecule has 2 aromatic rings. The second kappa shape index (κ2) is 6.05. The Labute approximate surface area is 142 Å². The Hall–Kier alpha value is -0.323. The minimum atomic E-state index is -1.84. The summed E-state index contributed by atoms with van der Waals surface area (Å²) in [6.45, 7) is 14.1. The zero-order valence-corrected chi connectivity index (χ0v) is 17.0. The summed E-state index contributed by atoms with van der Waals surface area (Å²) in [4.78, 5) is 0. The van der Waals surface area contributed by atoms with E-state index in [1.807, 2.05) is 12.3 Å². The van der Waals surface area contributed by atoms with E-state index in [1.165, 1.54) is 0 Å². The smallest absolute Gasteiger partial charge is 0.193 e. The molecule has 2 nitrogen and oxygen atoms in total. The van der Waals surface area contributed by atoms with Crippen LogP contribution >= 0.6 is 27.5 Å². The second-order valence-electron chi connectivity index (χ2n) is 6.73. The Morgan fingerprint density at radius 2 is 1.57 bits per heavy atom. The van der Waals surface area contributed by atoms with Crippen molar-refractivity contribution in [3.63, 3.8) is 0 Å². The molecule has 0 bridgehead atoms. The molecule has 0 N–H and O–H groups in total. The Morgan fingerprint density at radius 1 is 1.05 bits per heavy atom. The number of fused-ring (bicyclic) bond motifs is 1. The van der Waals surface area contributed by atoms with Crippen LogP contribution < -0.4 is 0 Å². The standard InChI is InChI=1S/C16H24BrClN2Si/c1-10(2)21(11(3)4,12(5)6)20-16-8-13(18)7-15(17)14(16)9-19-20/h7-12H,1-6H3. The summed E-state index contributed by atoms with van der Waals surface area (Å²) in [5, 5.41) is 6.73. The van der Waals surface area contributed by atoms with E-state index in [0.717, 1.165) is 20.4 Å². The van der Waals surface area contributed by atoms with Crippen LogP contribution in [0.3, 0.4) is 0 Å². The lowest BCUT2D eigenvalue weighted by Crippen LogP contribution is -2.52. The average molecular weight is 388 g/mol. The van der Waals surface area contributed by atoms with Gasteiger partial charge in [0.1, 0.15) is 0 Å². The van der Waals surface area contributed by atoms with Gasteiger partial charge >= 0.3 is 0 Å². The number of hydrogen-bond acceptors (Lipinski definition) is 1. The van der Waals surface area contributed by atoms with Crippen LogP contribution in [-0.2, 0) is 0 Å². The third kappa shape index (κ3) is 2.59. The summed E-state index contributed by atoms with van der Waals surface area (Å²) in [7, 11) is -1.84. The zero-order chi connectivity index (χ0) is 15.9. The number of aromatic nitrogens is 2. The van der Waals surface area contributed by atoms with Gasteiger partial charge in [-0.25, -0.2) is 0 Å². The number of rotatable bonds is 4. The molecule has 0 saturated heterocycles. The van der Waals surface area contributed by atoms with Crippen molar-refractivity contribution in [2.45, 2.75) is 58.2 Å². The van der Waals surface area contributed by atoms with Gasteiger partial charge in [-0.1, -0.05) is 53.1 Å². The highest BCUT2D eigenvalue weighted by Gasteiger charge is 2.47. The van der Waals surface area contributed by atoms with Gasteiger partial charge in [0.25, 0.3) is 0 Å². The van der Waals surface area contributed by atoms with E-state index >= 15 is 0 Å². The Kier molecular flexibility index (Phi) is 4.91. The lowest BCUT2D eigenvalue weighted by molar-refractivity contribution is 0.736. The summed E-state index contributed by atoms with van der Waals surface area (Å²) >= 11 is 9.90. The molecule has 5 heteroatoms. The van der Waals surface area contributed by atoms with Gasteiger partial charge in [0.2, 0.25) is 0 Å². The molecule has 1 heterocycles. The number of nitrogens with zero attached hydrogens (tertiary/aromatic N) is 2. The van der Waals surface area contributed by atoms with Crippen LogP contribution in [0.4, 0.5) is 0 Å². The van der Waals surface area contributed by atoms with E-state index in [-0.39, 0.29) is 0 Å². The summed E-state index contributed by atoms with van der Waals surface area (Å²) in [5.41, 5.74) is 2.99. The molecule has 0 fully saturated rings. The van der Waals surface area contributed by atoms with E-state index in [1.54, 1.807) is 0 Å². The zero-order valence-electron chi connectivity index (χ0n) is 13.6. The van der Waals surface area contributed by atoms with Crippen LogP contribution in [0.1, 0.15) is 41.5 Å². The summed E-state index contributed by atoms with van der Waals surface area (Å²) in [6, 6.07) is 4.00. The predicted molar refractivity (Wildman–Crippen MR) is 98.9 cm³/mol. The second-order valence-corrected chi connectivity index (χ2v) is 13.7. The molecule has 2 rings (SSSR count). The molecule has 0 amide bonds. The first-order chi connectivity index (χ1) is 9.72. The molecule has 1 aromatic carbocycles. The van der Waals surface area contributed by atoms with Crippen LogP contribution in [0.25, 0.3) is 10.9 Å². The Morgan fingerprint density at radius 3 is 2.05 bits per heavy atom. The molecule has 21 heavy (non-hydrogen) atoms. The maximum Gasteiger partial charge on any atom is 0.193 e. The monoisotopic (exact) mass is 386 g/mol. The molecule has 0 radical (unpaired) electrons. The van der Waals surface area contributed by atoms with Gasteiger partial charge in [0.05, 0.1) is 11.7 Å². The third-order valence-electron chi connectivity index (χ3n) is 4.74. The minimum absolute atomic E-state index is 0.610. The van der Waals surface area contributed by atoms with Crippen LogP contribution in [0, 0.1) is 0 Å². The first kappa shape index (κ1) is 17.0. The van der Waals surface area contributed by atoms with Crippen LogP contribution in [0.5, 0.6) is 0 Å². The molecule has 0 saturated carbocycles. The molecule has 116 valence electrons. The molecule has 0 spiro atoms. The van der Waals surface area contributed by atoms with Crippen LogP contribution in [0.2, 0.25) is 21.6 Å². The van der Waals surface area contributed by atoms with Crippen molar-refractivity contribution in [3.05, 3.63) is 27.8 Å². The van der Waals surface area contributed by atoms with Gasteiger partial charge in [0.15, 0.2) is 8.24 Å². The van der Waals surface area contributed by atoms with E-state index in [9.17, 15) is 0 Å². The molecule has 0 unspecified atom stereocenters. The first-order valence-corrected chi connectivity index (χ1v) is 10.9. The quantitative estimate of drug-likeness (QED) is 0.549. The Balaban J connectivity index is 2.84. The van der Waals surface area contributed by atoms with Gasteiger partial charge in [-0.05, 0) is 44.7 Å². The van der Waals surface area contributed by atoms with Crippen molar-refractivity contribution in [2.24, 2.45) is 0 Å². The summed E-state index contributed by atoms with van der Waals surface area (Å²) < 4.78 is 3.37. The fourth-order valence-electron chi connectivity index (χ4n) is 4.09. The molecule has 1 aromatic heterocycles. The fraction of sp³-hybridized carbons (Fsp3) is 0.562. The number of benzene rings is 1. The predicted octanol–water partition coefficient (Wildman–Crippen LogP) is 6.48. The molecule has 0 atom stereocenters. The van der Waals surface area contributed by atoms with E-state index in [4.69, 9.17) is 16.7 Å². The van der Waals surface area contributed by atoms with E-state index < -0.39 is 8.24 Å². The van der Waals surface area contributed by atoms with E-state index in [0.29, 0.717) is 16.6 Å². The fourth-order valence-corrected chi connectivity index (χ4v) is 11.3. The van der Waals surface area contributed by atoms with Gasteiger partial charge in [0, 0.05) is 14.9 Å². The van der Waals surface area contributed by atoms with Crippen LogP contribution in [0.15, 0.2) is 22.8 Å². The number of hydrogen-bond donors (Lipinski definition) is 0. The average Bonchev–Trinajstić information content (AvgIpc) is 2.73. The van der Waals surface area contributed by atoms with Gasteiger partial charge in [-0.15, -0.1) is 0 Å². The lowest BCUT2D eigenvalue weighted by Gasteiger charge is -2.43. The van der Waals surface area contributed by atoms with Gasteiger partial charge < -0.3 is 0 Å². The largest absolute Gasteiger partial charge is 0.293 e. The van der Waals surface area contributed by atoms with Crippen LogP contribution in [-0.4, -0.2) is 17.7 Å². The van der Waals surface area contributed by atoms with Crippen molar-refractivity contribution in [1.82, 2.24) is 9.45 Å². The Bertz CT molecular complexity index is 627. The highest BCUT2D eigenvalue weighted by Crippen LogP contribution is 2.44. The normalized spacial score (nSPS) is 13.1. The van der Waals surface area contributed by atoms with Crippen molar-refractivity contribution in [2.75, 3.05) is 0 Å².